The molecule has 1 aromatic carbocycles. The van der Waals surface area contributed by atoms with Crippen LogP contribution in [-0.4, -0.2) is 12.0 Å². The average molecular weight is 239 g/mol. The first-order chi connectivity index (χ1) is 7.82. The van der Waals surface area contributed by atoms with Gasteiger partial charge in [-0.15, -0.1) is 0 Å². The van der Waals surface area contributed by atoms with Crippen LogP contribution in [0.25, 0.3) is 0 Å². The molecule has 94 valence electrons. The average Bonchev–Trinajstić information content (AvgIpc) is 2.25. The molecule has 1 atom stereocenters. The molecule has 0 aromatic heterocycles. The molecule has 0 saturated heterocycles. The van der Waals surface area contributed by atoms with E-state index in [2.05, 4.69) is 0 Å². The second kappa shape index (κ2) is 5.27. The number of hydrogen-bond acceptors (Lipinski definition) is 3. The monoisotopic (exact) mass is 239 g/mol. The van der Waals surface area contributed by atoms with Crippen molar-refractivity contribution in [3.05, 3.63) is 35.6 Å². The number of benzene rings is 1. The van der Waals surface area contributed by atoms with Crippen LogP contribution in [0.1, 0.15) is 26.3 Å². The van der Waals surface area contributed by atoms with Gasteiger partial charge in [-0.1, -0.05) is 39.0 Å². The Bertz CT molecular complexity index is 399. The molecule has 2 N–H and O–H groups in total. The summed E-state index contributed by atoms with van der Waals surface area (Å²) in [6.45, 7) is 5.46. The highest BCUT2D eigenvalue weighted by Gasteiger charge is 2.28. The van der Waals surface area contributed by atoms with Crippen molar-refractivity contribution < 1.29 is 13.9 Å². The predicted octanol–water partition coefficient (Wildman–Crippen LogP) is 2.24. The third kappa shape index (κ3) is 3.82. The minimum absolute atomic E-state index is 0.0880. The lowest BCUT2D eigenvalue weighted by atomic mass is 9.87. The van der Waals surface area contributed by atoms with Crippen molar-refractivity contribution in [2.75, 3.05) is 0 Å². The van der Waals surface area contributed by atoms with E-state index < -0.39 is 12.0 Å². The lowest BCUT2D eigenvalue weighted by Gasteiger charge is -2.24. The Morgan fingerprint density at radius 3 is 2.53 bits per heavy atom. The molecular weight excluding hydrogens is 221 g/mol. The number of carbonyl (C=O) groups is 1. The molecule has 0 amide bonds. The standard InChI is InChI=1S/C13H18FNO2/c1-13(2,3)11(15)12(16)17-8-9-6-4-5-7-10(9)14/h4-7,11H,8,15H2,1-3H3. The maximum Gasteiger partial charge on any atom is 0.323 e. The molecular formula is C13H18FNO2. The van der Waals surface area contributed by atoms with Crippen molar-refractivity contribution in [3.63, 3.8) is 0 Å². The lowest BCUT2D eigenvalue weighted by molar-refractivity contribution is -0.149. The number of hydrogen-bond donors (Lipinski definition) is 1. The van der Waals surface area contributed by atoms with E-state index in [1.165, 1.54) is 6.07 Å². The number of rotatable bonds is 3. The van der Waals surface area contributed by atoms with Crippen LogP contribution in [-0.2, 0) is 16.1 Å². The zero-order chi connectivity index (χ0) is 13.1. The van der Waals surface area contributed by atoms with E-state index in [-0.39, 0.29) is 17.8 Å². The van der Waals surface area contributed by atoms with Crippen LogP contribution in [0.5, 0.6) is 0 Å². The van der Waals surface area contributed by atoms with Gasteiger partial charge >= 0.3 is 5.97 Å². The van der Waals surface area contributed by atoms with E-state index in [1.807, 2.05) is 20.8 Å². The van der Waals surface area contributed by atoms with Crippen LogP contribution in [0, 0.1) is 11.2 Å². The molecule has 0 heterocycles. The quantitative estimate of drug-likeness (QED) is 0.823. The summed E-state index contributed by atoms with van der Waals surface area (Å²) in [5.74, 6) is -0.898. The van der Waals surface area contributed by atoms with Crippen molar-refractivity contribution in [2.24, 2.45) is 11.1 Å². The fourth-order valence-corrected chi connectivity index (χ4v) is 1.21. The van der Waals surface area contributed by atoms with E-state index >= 15 is 0 Å². The van der Waals surface area contributed by atoms with Gasteiger partial charge in [0, 0.05) is 5.56 Å². The fourth-order valence-electron chi connectivity index (χ4n) is 1.21. The van der Waals surface area contributed by atoms with Crippen LogP contribution < -0.4 is 5.73 Å². The topological polar surface area (TPSA) is 52.3 Å². The molecule has 0 fully saturated rings. The number of esters is 1. The van der Waals surface area contributed by atoms with Gasteiger partial charge in [0.25, 0.3) is 0 Å². The Kier molecular flexibility index (Phi) is 4.23. The molecule has 0 saturated carbocycles. The fraction of sp³-hybridized carbons (Fsp3) is 0.462. The molecule has 0 aliphatic rings. The van der Waals surface area contributed by atoms with E-state index in [1.54, 1.807) is 18.2 Å². The van der Waals surface area contributed by atoms with Crippen LogP contribution in [0.4, 0.5) is 4.39 Å². The SMILES string of the molecule is CC(C)(C)C(N)C(=O)OCc1ccccc1F. The van der Waals surface area contributed by atoms with Crippen molar-refractivity contribution in [2.45, 2.75) is 33.4 Å². The van der Waals surface area contributed by atoms with Crippen molar-refractivity contribution in [1.82, 2.24) is 0 Å². The molecule has 1 aromatic rings. The minimum atomic E-state index is -0.714. The summed E-state index contributed by atoms with van der Waals surface area (Å²) in [6, 6.07) is 5.46. The Labute approximate surface area is 101 Å². The lowest BCUT2D eigenvalue weighted by Crippen LogP contribution is -2.43. The van der Waals surface area contributed by atoms with Gasteiger partial charge in [-0.3, -0.25) is 4.79 Å². The first-order valence-electron chi connectivity index (χ1n) is 5.48. The van der Waals surface area contributed by atoms with Crippen LogP contribution in [0.2, 0.25) is 0 Å². The van der Waals surface area contributed by atoms with Gasteiger partial charge in [-0.25, -0.2) is 4.39 Å². The second-order valence-corrected chi connectivity index (χ2v) is 5.04. The van der Waals surface area contributed by atoms with Crippen LogP contribution >= 0.6 is 0 Å². The zero-order valence-electron chi connectivity index (χ0n) is 10.4. The highest BCUT2D eigenvalue weighted by atomic mass is 19.1. The summed E-state index contributed by atoms with van der Waals surface area (Å²) in [5.41, 5.74) is 5.71. The van der Waals surface area contributed by atoms with E-state index in [0.29, 0.717) is 5.56 Å². The predicted molar refractivity (Wildman–Crippen MR) is 63.6 cm³/mol. The molecule has 4 heteroatoms. The maximum absolute atomic E-state index is 13.3. The summed E-state index contributed by atoms with van der Waals surface area (Å²) in [6.07, 6.45) is 0. The summed E-state index contributed by atoms with van der Waals surface area (Å²) >= 11 is 0. The molecule has 0 aliphatic heterocycles. The van der Waals surface area contributed by atoms with Gasteiger partial charge in [0.15, 0.2) is 0 Å². The van der Waals surface area contributed by atoms with E-state index in [9.17, 15) is 9.18 Å². The molecule has 0 bridgehead atoms. The third-order valence-electron chi connectivity index (χ3n) is 2.51. The normalized spacial score (nSPS) is 13.2. The summed E-state index contributed by atoms with van der Waals surface area (Å²) < 4.78 is 18.2. The minimum Gasteiger partial charge on any atom is -0.460 e. The number of ether oxygens (including phenoxy) is 1. The van der Waals surface area contributed by atoms with Crippen molar-refractivity contribution in [1.29, 1.82) is 0 Å². The Morgan fingerprint density at radius 1 is 1.41 bits per heavy atom. The largest absolute Gasteiger partial charge is 0.460 e. The van der Waals surface area contributed by atoms with Crippen LogP contribution in [0.3, 0.4) is 0 Å². The third-order valence-corrected chi connectivity index (χ3v) is 2.51. The highest BCUT2D eigenvalue weighted by molar-refractivity contribution is 5.76. The molecule has 0 radical (unpaired) electrons. The number of nitrogens with two attached hydrogens (primary N) is 1. The molecule has 0 spiro atoms. The van der Waals surface area contributed by atoms with Crippen molar-refractivity contribution in [3.8, 4) is 0 Å². The number of carbonyl (C=O) groups excluding carboxylic acids is 1. The second-order valence-electron chi connectivity index (χ2n) is 5.04. The van der Waals surface area contributed by atoms with Gasteiger partial charge in [0.1, 0.15) is 18.5 Å². The van der Waals surface area contributed by atoms with Gasteiger partial charge in [-0.05, 0) is 11.5 Å². The zero-order valence-corrected chi connectivity index (χ0v) is 10.4. The van der Waals surface area contributed by atoms with Crippen molar-refractivity contribution >= 4 is 5.97 Å². The molecule has 0 aliphatic carbocycles. The summed E-state index contributed by atoms with van der Waals surface area (Å²) in [7, 11) is 0. The van der Waals surface area contributed by atoms with E-state index in [4.69, 9.17) is 10.5 Å². The number of halogens is 1. The molecule has 1 rings (SSSR count). The highest BCUT2D eigenvalue weighted by Crippen LogP contribution is 2.19. The Morgan fingerprint density at radius 2 is 2.00 bits per heavy atom. The first-order valence-corrected chi connectivity index (χ1v) is 5.48. The smallest absolute Gasteiger partial charge is 0.323 e. The molecule has 1 unspecified atom stereocenters. The summed E-state index contributed by atoms with van der Waals surface area (Å²) in [4.78, 5) is 11.6. The molecule has 17 heavy (non-hydrogen) atoms. The maximum atomic E-state index is 13.3. The summed E-state index contributed by atoms with van der Waals surface area (Å²) in [5, 5.41) is 0. The van der Waals surface area contributed by atoms with Gasteiger partial charge in [0.2, 0.25) is 0 Å². The van der Waals surface area contributed by atoms with Crippen LogP contribution in [0.15, 0.2) is 24.3 Å². The van der Waals surface area contributed by atoms with E-state index in [0.717, 1.165) is 0 Å². The Hall–Kier alpha value is -1.42. The van der Waals surface area contributed by atoms with Gasteiger partial charge < -0.3 is 10.5 Å². The first kappa shape index (κ1) is 13.6. The van der Waals surface area contributed by atoms with Gasteiger partial charge in [-0.2, -0.15) is 0 Å². The van der Waals surface area contributed by atoms with Gasteiger partial charge in [0.05, 0.1) is 0 Å². The Balaban J connectivity index is 2.58. The molecule has 3 nitrogen and oxygen atoms in total.